The van der Waals surface area contributed by atoms with Crippen molar-refractivity contribution in [2.75, 3.05) is 20.3 Å². The van der Waals surface area contributed by atoms with Crippen molar-refractivity contribution in [3.05, 3.63) is 54.1 Å². The van der Waals surface area contributed by atoms with Crippen LogP contribution in [0, 0.1) is 5.82 Å². The second-order valence-electron chi connectivity index (χ2n) is 6.33. The first kappa shape index (κ1) is 16.8. The monoisotopic (exact) mass is 353 g/mol. The molecule has 26 heavy (non-hydrogen) atoms. The van der Waals surface area contributed by atoms with Gasteiger partial charge in [-0.3, -0.25) is 0 Å². The summed E-state index contributed by atoms with van der Waals surface area (Å²) in [6, 6.07) is 8.36. The number of H-pyrrole nitrogens is 1. The lowest BCUT2D eigenvalue weighted by atomic mass is 10.00. The Balaban J connectivity index is 1.85. The smallest absolute Gasteiger partial charge is 0.138 e. The van der Waals surface area contributed by atoms with Gasteiger partial charge < -0.3 is 20.1 Å². The molecule has 6 heteroatoms. The molecule has 3 aromatic rings. The number of pyridine rings is 1. The molecule has 1 aliphatic rings. The van der Waals surface area contributed by atoms with Crippen molar-refractivity contribution in [1.82, 2.24) is 15.3 Å². The van der Waals surface area contributed by atoms with Gasteiger partial charge in [-0.15, -0.1) is 0 Å². The molecule has 0 spiro atoms. The number of nitrogens with zero attached hydrogens (tertiary/aromatic N) is 1. The van der Waals surface area contributed by atoms with Gasteiger partial charge in [0.2, 0.25) is 0 Å². The van der Waals surface area contributed by atoms with Gasteiger partial charge >= 0.3 is 0 Å². The molecular weight excluding hydrogens is 333 g/mol. The highest BCUT2D eigenvalue weighted by Crippen LogP contribution is 2.36. The largest absolute Gasteiger partial charge is 0.496 e. The molecule has 0 amide bonds. The van der Waals surface area contributed by atoms with E-state index in [-0.39, 0.29) is 18.5 Å². The van der Waals surface area contributed by atoms with E-state index in [1.165, 1.54) is 12.1 Å². The fourth-order valence-electron chi connectivity index (χ4n) is 3.44. The standard InChI is InChI=1S/C20H20FN3O2/c1-26-19-3-2-13(21)9-16(19)15-5-7-23-20-17(15)10-18(24-20)12-4-6-22-14(8-12)11-25/h2-3,5,7-10,14,22,25H,4,6,11H2,1H3,(H,23,24)/t14-/m0/s1. The number of aliphatic hydroxyl groups is 1. The third kappa shape index (κ3) is 2.98. The molecule has 0 bridgehead atoms. The number of aliphatic hydroxyl groups excluding tert-OH is 1. The Bertz CT molecular complexity index is 980. The van der Waals surface area contributed by atoms with Crippen molar-refractivity contribution in [3.63, 3.8) is 0 Å². The van der Waals surface area contributed by atoms with Crippen LogP contribution in [0.4, 0.5) is 4.39 Å². The molecule has 1 aromatic carbocycles. The second-order valence-corrected chi connectivity index (χ2v) is 6.33. The lowest BCUT2D eigenvalue weighted by molar-refractivity contribution is 0.263. The molecule has 2 aromatic heterocycles. The highest BCUT2D eigenvalue weighted by molar-refractivity contribution is 5.96. The number of aromatic nitrogens is 2. The number of ether oxygens (including phenoxy) is 1. The summed E-state index contributed by atoms with van der Waals surface area (Å²) in [6.45, 7) is 0.873. The third-order valence-electron chi connectivity index (χ3n) is 4.73. The predicted molar refractivity (Wildman–Crippen MR) is 99.5 cm³/mol. The molecule has 0 fully saturated rings. The Morgan fingerprint density at radius 1 is 1.27 bits per heavy atom. The number of hydrogen-bond donors (Lipinski definition) is 3. The fourth-order valence-corrected chi connectivity index (χ4v) is 3.44. The van der Waals surface area contributed by atoms with Gasteiger partial charge in [-0.05, 0) is 54.4 Å². The Kier molecular flexibility index (Phi) is 4.44. The molecule has 0 radical (unpaired) electrons. The number of nitrogens with one attached hydrogen (secondary N) is 2. The lowest BCUT2D eigenvalue weighted by Gasteiger charge is -2.20. The van der Waals surface area contributed by atoms with Crippen molar-refractivity contribution < 1.29 is 14.2 Å². The van der Waals surface area contributed by atoms with E-state index in [4.69, 9.17) is 4.74 Å². The van der Waals surface area contributed by atoms with E-state index in [0.29, 0.717) is 11.3 Å². The van der Waals surface area contributed by atoms with Gasteiger partial charge in [-0.25, -0.2) is 9.37 Å². The zero-order valence-electron chi connectivity index (χ0n) is 14.4. The van der Waals surface area contributed by atoms with E-state index in [0.717, 1.165) is 40.8 Å². The number of fused-ring (bicyclic) bond motifs is 1. The van der Waals surface area contributed by atoms with Crippen LogP contribution in [0.15, 0.2) is 42.6 Å². The van der Waals surface area contributed by atoms with Crippen molar-refractivity contribution in [2.45, 2.75) is 12.5 Å². The van der Waals surface area contributed by atoms with Gasteiger partial charge in [-0.2, -0.15) is 0 Å². The van der Waals surface area contributed by atoms with Gasteiger partial charge in [0.1, 0.15) is 17.2 Å². The molecule has 134 valence electrons. The van der Waals surface area contributed by atoms with E-state index in [1.54, 1.807) is 19.4 Å². The van der Waals surface area contributed by atoms with Crippen LogP contribution in [-0.2, 0) is 0 Å². The number of rotatable bonds is 4. The molecule has 1 atom stereocenters. The lowest BCUT2D eigenvalue weighted by Crippen LogP contribution is -2.34. The molecule has 0 saturated heterocycles. The van der Waals surface area contributed by atoms with Crippen LogP contribution in [0.3, 0.4) is 0 Å². The van der Waals surface area contributed by atoms with Crippen LogP contribution >= 0.6 is 0 Å². The minimum Gasteiger partial charge on any atom is -0.496 e. The van der Waals surface area contributed by atoms with Crippen LogP contribution in [0.5, 0.6) is 5.75 Å². The van der Waals surface area contributed by atoms with E-state index in [9.17, 15) is 9.50 Å². The number of halogens is 1. The van der Waals surface area contributed by atoms with Crippen LogP contribution in [0.2, 0.25) is 0 Å². The highest BCUT2D eigenvalue weighted by atomic mass is 19.1. The first-order valence-electron chi connectivity index (χ1n) is 8.56. The fraction of sp³-hybridized carbons (Fsp3) is 0.250. The summed E-state index contributed by atoms with van der Waals surface area (Å²) < 4.78 is 19.2. The van der Waals surface area contributed by atoms with E-state index < -0.39 is 0 Å². The van der Waals surface area contributed by atoms with Gasteiger partial charge in [0, 0.05) is 28.9 Å². The molecule has 3 N–H and O–H groups in total. The first-order valence-corrected chi connectivity index (χ1v) is 8.56. The number of hydrogen-bond acceptors (Lipinski definition) is 4. The zero-order valence-corrected chi connectivity index (χ0v) is 14.4. The normalized spacial score (nSPS) is 17.3. The average Bonchev–Trinajstić information content (AvgIpc) is 3.12. The van der Waals surface area contributed by atoms with Crippen LogP contribution < -0.4 is 10.1 Å². The van der Waals surface area contributed by atoms with Crippen molar-refractivity contribution in [2.24, 2.45) is 0 Å². The summed E-state index contributed by atoms with van der Waals surface area (Å²) in [7, 11) is 1.58. The van der Waals surface area contributed by atoms with Gasteiger partial charge in [0.25, 0.3) is 0 Å². The maximum absolute atomic E-state index is 13.8. The number of benzene rings is 1. The summed E-state index contributed by atoms with van der Waals surface area (Å²) in [5.74, 6) is 0.302. The Morgan fingerprint density at radius 3 is 2.96 bits per heavy atom. The summed E-state index contributed by atoms with van der Waals surface area (Å²) in [5.41, 5.74) is 4.40. The van der Waals surface area contributed by atoms with Crippen molar-refractivity contribution in [3.8, 4) is 16.9 Å². The summed E-state index contributed by atoms with van der Waals surface area (Å²) in [4.78, 5) is 7.77. The molecule has 0 saturated carbocycles. The predicted octanol–water partition coefficient (Wildman–Crippen LogP) is 3.12. The van der Waals surface area contributed by atoms with Crippen molar-refractivity contribution in [1.29, 1.82) is 0 Å². The zero-order chi connectivity index (χ0) is 18.1. The number of methoxy groups -OCH3 is 1. The number of aromatic amines is 1. The average molecular weight is 353 g/mol. The van der Waals surface area contributed by atoms with E-state index >= 15 is 0 Å². The van der Waals surface area contributed by atoms with Crippen LogP contribution in [-0.4, -0.2) is 41.4 Å². The minimum absolute atomic E-state index is 0.0408. The maximum Gasteiger partial charge on any atom is 0.138 e. The molecular formula is C20H20FN3O2. The molecule has 5 nitrogen and oxygen atoms in total. The Labute approximate surface area is 150 Å². The Morgan fingerprint density at radius 2 is 2.15 bits per heavy atom. The quantitative estimate of drug-likeness (QED) is 0.674. The van der Waals surface area contributed by atoms with Gasteiger partial charge in [0.05, 0.1) is 13.7 Å². The van der Waals surface area contributed by atoms with E-state index in [1.807, 2.05) is 18.2 Å². The topological polar surface area (TPSA) is 70.2 Å². The molecule has 1 aliphatic heterocycles. The maximum atomic E-state index is 13.8. The summed E-state index contributed by atoms with van der Waals surface area (Å²) in [6.07, 6.45) is 4.61. The molecule has 0 unspecified atom stereocenters. The highest BCUT2D eigenvalue weighted by Gasteiger charge is 2.17. The van der Waals surface area contributed by atoms with Gasteiger partial charge in [0.15, 0.2) is 0 Å². The summed E-state index contributed by atoms with van der Waals surface area (Å²) >= 11 is 0. The third-order valence-corrected chi connectivity index (χ3v) is 4.73. The SMILES string of the molecule is COc1ccc(F)cc1-c1ccnc2[nH]c(C3=C[C@@H](CO)NCC3)cc12. The Hall–Kier alpha value is -2.70. The molecule has 3 heterocycles. The first-order chi connectivity index (χ1) is 12.7. The second kappa shape index (κ2) is 6.90. The summed E-state index contributed by atoms with van der Waals surface area (Å²) in [5, 5.41) is 13.5. The minimum atomic E-state index is -0.312. The molecule has 0 aliphatic carbocycles. The van der Waals surface area contributed by atoms with Crippen molar-refractivity contribution >= 4 is 16.6 Å². The van der Waals surface area contributed by atoms with Crippen LogP contribution in [0.25, 0.3) is 27.7 Å². The van der Waals surface area contributed by atoms with E-state index in [2.05, 4.69) is 15.3 Å². The van der Waals surface area contributed by atoms with Crippen LogP contribution in [0.1, 0.15) is 12.1 Å². The molecule has 4 rings (SSSR count). The van der Waals surface area contributed by atoms with Gasteiger partial charge in [-0.1, -0.05) is 6.08 Å².